The van der Waals surface area contributed by atoms with Gasteiger partial charge in [-0.15, -0.1) is 0 Å². The van der Waals surface area contributed by atoms with Gasteiger partial charge in [-0.25, -0.2) is 4.98 Å². The first kappa shape index (κ1) is 10.8. The summed E-state index contributed by atoms with van der Waals surface area (Å²) in [6, 6.07) is 1.59. The van der Waals surface area contributed by atoms with E-state index in [1.54, 1.807) is 12.3 Å². The molecule has 0 saturated carbocycles. The molecular formula is C9H12Cl2N2. The Kier molecular flexibility index (Phi) is 3.97. The first-order chi connectivity index (χ1) is 6.16. The molecule has 1 aromatic rings. The lowest BCUT2D eigenvalue weighted by molar-refractivity contribution is 0.636. The van der Waals surface area contributed by atoms with E-state index in [0.717, 1.165) is 18.4 Å². The standard InChI is InChI=1S/C9H12Cl2N2/c1-2-3-7(12)8-6(10)4-5-13-9(8)11/h4-5,7H,2-3,12H2,1H3/t7-/m1/s1. The highest BCUT2D eigenvalue weighted by Gasteiger charge is 2.13. The van der Waals surface area contributed by atoms with Crippen molar-refractivity contribution in [1.82, 2.24) is 4.98 Å². The first-order valence-electron chi connectivity index (χ1n) is 4.22. The van der Waals surface area contributed by atoms with Crippen molar-refractivity contribution in [1.29, 1.82) is 0 Å². The quantitative estimate of drug-likeness (QED) is 0.793. The summed E-state index contributed by atoms with van der Waals surface area (Å²) in [5, 5.41) is 1.01. The third kappa shape index (κ3) is 2.56. The second-order valence-electron chi connectivity index (χ2n) is 2.89. The predicted octanol–water partition coefficient (Wildman–Crippen LogP) is 3.19. The maximum atomic E-state index is 5.96. The Labute approximate surface area is 88.1 Å². The highest BCUT2D eigenvalue weighted by Crippen LogP contribution is 2.29. The number of nitrogens with zero attached hydrogens (tertiary/aromatic N) is 1. The van der Waals surface area contributed by atoms with Crippen LogP contribution in [0.1, 0.15) is 31.4 Å². The summed E-state index contributed by atoms with van der Waals surface area (Å²) in [6.07, 6.45) is 3.45. The van der Waals surface area contributed by atoms with E-state index in [4.69, 9.17) is 28.9 Å². The van der Waals surface area contributed by atoms with E-state index in [1.165, 1.54) is 0 Å². The average molecular weight is 219 g/mol. The molecule has 4 heteroatoms. The van der Waals surface area contributed by atoms with Crippen molar-refractivity contribution in [2.24, 2.45) is 5.73 Å². The Morgan fingerprint density at radius 3 is 2.77 bits per heavy atom. The van der Waals surface area contributed by atoms with Crippen LogP contribution in [0.5, 0.6) is 0 Å². The summed E-state index contributed by atoms with van der Waals surface area (Å²) in [6.45, 7) is 2.07. The highest BCUT2D eigenvalue weighted by molar-refractivity contribution is 6.35. The SMILES string of the molecule is CCC[C@@H](N)c1c(Cl)ccnc1Cl. The van der Waals surface area contributed by atoms with Gasteiger partial charge in [-0.05, 0) is 12.5 Å². The Balaban J connectivity index is 2.98. The molecule has 0 aliphatic rings. The molecule has 13 heavy (non-hydrogen) atoms. The zero-order chi connectivity index (χ0) is 9.84. The van der Waals surface area contributed by atoms with Gasteiger partial charge in [-0.1, -0.05) is 36.5 Å². The summed E-state index contributed by atoms with van der Waals surface area (Å²) >= 11 is 11.8. The summed E-state index contributed by atoms with van der Waals surface area (Å²) in [7, 11) is 0. The van der Waals surface area contributed by atoms with Gasteiger partial charge in [0, 0.05) is 22.8 Å². The van der Waals surface area contributed by atoms with Crippen LogP contribution in [0.15, 0.2) is 12.3 Å². The lowest BCUT2D eigenvalue weighted by Gasteiger charge is -2.13. The minimum Gasteiger partial charge on any atom is -0.324 e. The number of halogens is 2. The molecule has 72 valence electrons. The molecular weight excluding hydrogens is 207 g/mol. The third-order valence-electron chi connectivity index (χ3n) is 1.86. The fraction of sp³-hybridized carbons (Fsp3) is 0.444. The number of hydrogen-bond acceptors (Lipinski definition) is 2. The second-order valence-corrected chi connectivity index (χ2v) is 3.66. The zero-order valence-corrected chi connectivity index (χ0v) is 8.94. The number of aromatic nitrogens is 1. The van der Waals surface area contributed by atoms with Gasteiger partial charge in [-0.2, -0.15) is 0 Å². The van der Waals surface area contributed by atoms with Crippen LogP contribution in [-0.4, -0.2) is 4.98 Å². The van der Waals surface area contributed by atoms with Gasteiger partial charge in [0.05, 0.1) is 0 Å². The largest absolute Gasteiger partial charge is 0.324 e. The Morgan fingerprint density at radius 1 is 1.54 bits per heavy atom. The summed E-state index contributed by atoms with van der Waals surface area (Å²) in [5.74, 6) is 0. The molecule has 0 radical (unpaired) electrons. The molecule has 0 aliphatic heterocycles. The van der Waals surface area contributed by atoms with E-state index < -0.39 is 0 Å². The highest BCUT2D eigenvalue weighted by atomic mass is 35.5. The Bertz CT molecular complexity index is 269. The molecule has 0 aromatic carbocycles. The molecule has 0 fully saturated rings. The van der Waals surface area contributed by atoms with Crippen LogP contribution in [0.25, 0.3) is 0 Å². The zero-order valence-electron chi connectivity index (χ0n) is 7.43. The molecule has 0 saturated heterocycles. The van der Waals surface area contributed by atoms with E-state index in [-0.39, 0.29) is 6.04 Å². The fourth-order valence-corrected chi connectivity index (χ4v) is 1.84. The van der Waals surface area contributed by atoms with Crippen molar-refractivity contribution in [3.63, 3.8) is 0 Å². The lowest BCUT2D eigenvalue weighted by Crippen LogP contribution is -2.11. The van der Waals surface area contributed by atoms with Gasteiger partial charge in [0.15, 0.2) is 0 Å². The minimum atomic E-state index is -0.112. The molecule has 1 atom stereocenters. The summed E-state index contributed by atoms with van der Waals surface area (Å²) < 4.78 is 0. The molecule has 2 nitrogen and oxygen atoms in total. The third-order valence-corrected chi connectivity index (χ3v) is 2.49. The van der Waals surface area contributed by atoms with E-state index in [9.17, 15) is 0 Å². The van der Waals surface area contributed by atoms with Crippen molar-refractivity contribution < 1.29 is 0 Å². The van der Waals surface area contributed by atoms with Gasteiger partial charge in [0.1, 0.15) is 5.15 Å². The van der Waals surface area contributed by atoms with Crippen molar-refractivity contribution in [2.75, 3.05) is 0 Å². The van der Waals surface area contributed by atoms with Crippen LogP contribution in [-0.2, 0) is 0 Å². The monoisotopic (exact) mass is 218 g/mol. The minimum absolute atomic E-state index is 0.112. The normalized spacial score (nSPS) is 12.9. The van der Waals surface area contributed by atoms with Crippen LogP contribution >= 0.6 is 23.2 Å². The lowest BCUT2D eigenvalue weighted by atomic mass is 10.1. The number of nitrogens with two attached hydrogens (primary N) is 1. The summed E-state index contributed by atoms with van der Waals surface area (Å²) in [4.78, 5) is 3.94. The molecule has 1 rings (SSSR count). The average Bonchev–Trinajstić information content (AvgIpc) is 2.04. The number of rotatable bonds is 3. The van der Waals surface area contributed by atoms with Crippen LogP contribution in [0.4, 0.5) is 0 Å². The van der Waals surface area contributed by atoms with Gasteiger partial charge < -0.3 is 5.73 Å². The van der Waals surface area contributed by atoms with E-state index in [2.05, 4.69) is 11.9 Å². The number of pyridine rings is 1. The molecule has 0 unspecified atom stereocenters. The van der Waals surface area contributed by atoms with Gasteiger partial charge >= 0.3 is 0 Å². The van der Waals surface area contributed by atoms with Crippen molar-refractivity contribution in [3.8, 4) is 0 Å². The van der Waals surface area contributed by atoms with E-state index in [0.29, 0.717) is 10.2 Å². The van der Waals surface area contributed by atoms with Crippen molar-refractivity contribution >= 4 is 23.2 Å². The molecule has 1 heterocycles. The van der Waals surface area contributed by atoms with Crippen LogP contribution < -0.4 is 5.73 Å². The first-order valence-corrected chi connectivity index (χ1v) is 4.98. The molecule has 0 amide bonds. The van der Waals surface area contributed by atoms with E-state index in [1.807, 2.05) is 0 Å². The second kappa shape index (κ2) is 4.80. The van der Waals surface area contributed by atoms with Crippen LogP contribution in [0.3, 0.4) is 0 Å². The topological polar surface area (TPSA) is 38.9 Å². The van der Waals surface area contributed by atoms with Crippen LogP contribution in [0.2, 0.25) is 10.2 Å². The fourth-order valence-electron chi connectivity index (χ4n) is 1.21. The molecule has 2 N–H and O–H groups in total. The molecule has 0 bridgehead atoms. The Hall–Kier alpha value is -0.310. The van der Waals surface area contributed by atoms with Crippen LogP contribution in [0, 0.1) is 0 Å². The molecule has 0 aliphatic carbocycles. The van der Waals surface area contributed by atoms with Crippen molar-refractivity contribution in [3.05, 3.63) is 28.0 Å². The molecule has 1 aromatic heterocycles. The molecule has 0 spiro atoms. The maximum Gasteiger partial charge on any atom is 0.135 e. The van der Waals surface area contributed by atoms with E-state index >= 15 is 0 Å². The summed E-state index contributed by atoms with van der Waals surface area (Å²) in [5.41, 5.74) is 6.66. The van der Waals surface area contributed by atoms with Gasteiger partial charge in [0.25, 0.3) is 0 Å². The smallest absolute Gasteiger partial charge is 0.135 e. The van der Waals surface area contributed by atoms with Crippen molar-refractivity contribution in [2.45, 2.75) is 25.8 Å². The Morgan fingerprint density at radius 2 is 2.23 bits per heavy atom. The van der Waals surface area contributed by atoms with Gasteiger partial charge in [0.2, 0.25) is 0 Å². The predicted molar refractivity (Wildman–Crippen MR) is 56.1 cm³/mol. The number of hydrogen-bond donors (Lipinski definition) is 1. The maximum absolute atomic E-state index is 5.96. The van der Waals surface area contributed by atoms with Gasteiger partial charge in [-0.3, -0.25) is 0 Å².